The average Bonchev–Trinajstić information content (AvgIpc) is 2.70. The van der Waals surface area contributed by atoms with Crippen LogP contribution >= 0.6 is 11.6 Å². The molecule has 2 aromatic carbocycles. The van der Waals surface area contributed by atoms with Gasteiger partial charge in [0.1, 0.15) is 29.3 Å². The largest absolute Gasteiger partial charge is 0.497 e. The van der Waals surface area contributed by atoms with Crippen LogP contribution in [-0.4, -0.2) is 30.1 Å². The van der Waals surface area contributed by atoms with E-state index in [2.05, 4.69) is 20.6 Å². The van der Waals surface area contributed by atoms with Crippen LogP contribution < -0.4 is 20.1 Å². The number of anilines is 3. The van der Waals surface area contributed by atoms with Crippen LogP contribution in [0.4, 0.5) is 17.2 Å². The van der Waals surface area contributed by atoms with E-state index in [0.29, 0.717) is 33.7 Å². The molecular formula is C19H17ClN4O3. The van der Waals surface area contributed by atoms with Gasteiger partial charge in [-0.05, 0) is 24.3 Å². The van der Waals surface area contributed by atoms with Crippen molar-refractivity contribution in [3.63, 3.8) is 0 Å². The number of para-hydroxylation sites is 1. The second kappa shape index (κ2) is 8.37. The van der Waals surface area contributed by atoms with Gasteiger partial charge in [0.2, 0.25) is 0 Å². The molecule has 3 rings (SSSR count). The van der Waals surface area contributed by atoms with Crippen molar-refractivity contribution in [3.8, 4) is 11.5 Å². The fraction of sp³-hybridized carbons (Fsp3) is 0.105. The number of rotatable bonds is 6. The third kappa shape index (κ3) is 4.45. The fourth-order valence-corrected chi connectivity index (χ4v) is 2.52. The third-order valence-corrected chi connectivity index (χ3v) is 4.02. The van der Waals surface area contributed by atoms with Crippen molar-refractivity contribution in [1.29, 1.82) is 0 Å². The molecule has 0 saturated carbocycles. The Morgan fingerprint density at radius 3 is 2.56 bits per heavy atom. The normalized spacial score (nSPS) is 10.2. The number of carbonyl (C=O) groups excluding carboxylic acids is 1. The number of halogens is 1. The number of ether oxygens (including phenoxy) is 2. The van der Waals surface area contributed by atoms with Gasteiger partial charge in [-0.25, -0.2) is 9.97 Å². The second-order valence-electron chi connectivity index (χ2n) is 5.41. The molecule has 0 radical (unpaired) electrons. The predicted molar refractivity (Wildman–Crippen MR) is 104 cm³/mol. The molecule has 0 unspecified atom stereocenters. The Bertz CT molecular complexity index is 965. The van der Waals surface area contributed by atoms with Gasteiger partial charge in [0.25, 0.3) is 5.91 Å². The molecule has 0 fully saturated rings. The molecule has 3 aromatic rings. The van der Waals surface area contributed by atoms with Crippen LogP contribution in [0.1, 0.15) is 10.5 Å². The molecule has 2 N–H and O–H groups in total. The van der Waals surface area contributed by atoms with Crippen molar-refractivity contribution in [3.05, 3.63) is 65.6 Å². The summed E-state index contributed by atoms with van der Waals surface area (Å²) in [5, 5.41) is 6.28. The van der Waals surface area contributed by atoms with Crippen LogP contribution in [0.5, 0.6) is 11.5 Å². The molecule has 1 amide bonds. The van der Waals surface area contributed by atoms with Crippen LogP contribution in [0.3, 0.4) is 0 Å². The highest BCUT2D eigenvalue weighted by Crippen LogP contribution is 2.31. The highest BCUT2D eigenvalue weighted by Gasteiger charge is 2.12. The Labute approximate surface area is 161 Å². The first-order chi connectivity index (χ1) is 13.1. The first-order valence-corrected chi connectivity index (χ1v) is 8.35. The molecule has 138 valence electrons. The number of hydrogen-bond acceptors (Lipinski definition) is 6. The number of aromatic nitrogens is 2. The molecule has 7 nitrogen and oxygen atoms in total. The number of nitrogens with zero attached hydrogens (tertiary/aromatic N) is 2. The lowest BCUT2D eigenvalue weighted by Crippen LogP contribution is -2.14. The Hall–Kier alpha value is -3.32. The Morgan fingerprint density at radius 1 is 1.00 bits per heavy atom. The summed E-state index contributed by atoms with van der Waals surface area (Å²) in [5.74, 6) is 1.29. The van der Waals surface area contributed by atoms with E-state index in [4.69, 9.17) is 21.1 Å². The van der Waals surface area contributed by atoms with Crippen molar-refractivity contribution in [2.45, 2.75) is 0 Å². The maximum atomic E-state index is 12.4. The number of nitrogens with one attached hydrogen (secondary N) is 2. The number of benzene rings is 2. The highest BCUT2D eigenvalue weighted by atomic mass is 35.5. The van der Waals surface area contributed by atoms with E-state index in [-0.39, 0.29) is 5.69 Å². The van der Waals surface area contributed by atoms with E-state index >= 15 is 0 Å². The standard InChI is InChI=1S/C19H17ClN4O3/c1-26-12-7-8-15(17(9-12)27-2)23-18-10-16(21-11-22-18)19(25)24-14-6-4-3-5-13(14)20/h3-11H,1-2H3,(H,24,25)(H,21,22,23). The van der Waals surface area contributed by atoms with Gasteiger partial charge in [-0.2, -0.15) is 0 Å². The van der Waals surface area contributed by atoms with Crippen molar-refractivity contribution in [2.75, 3.05) is 24.9 Å². The lowest BCUT2D eigenvalue weighted by atomic mass is 10.2. The first kappa shape index (κ1) is 18.5. The van der Waals surface area contributed by atoms with Crippen LogP contribution in [0.25, 0.3) is 0 Å². The Morgan fingerprint density at radius 2 is 1.81 bits per heavy atom. The van der Waals surface area contributed by atoms with Gasteiger partial charge in [-0.3, -0.25) is 4.79 Å². The smallest absolute Gasteiger partial charge is 0.274 e. The summed E-state index contributed by atoms with van der Waals surface area (Å²) in [6, 6.07) is 13.8. The summed E-state index contributed by atoms with van der Waals surface area (Å²) in [4.78, 5) is 20.6. The lowest BCUT2D eigenvalue weighted by Gasteiger charge is -2.12. The van der Waals surface area contributed by atoms with Crippen LogP contribution in [-0.2, 0) is 0 Å². The maximum absolute atomic E-state index is 12.4. The summed E-state index contributed by atoms with van der Waals surface area (Å²) in [6.07, 6.45) is 1.31. The number of amides is 1. The van der Waals surface area contributed by atoms with E-state index in [1.165, 1.54) is 12.4 Å². The van der Waals surface area contributed by atoms with E-state index < -0.39 is 5.91 Å². The zero-order valence-electron chi connectivity index (χ0n) is 14.7. The van der Waals surface area contributed by atoms with E-state index in [0.717, 1.165) is 0 Å². The van der Waals surface area contributed by atoms with Gasteiger partial charge in [0.05, 0.1) is 30.6 Å². The van der Waals surface area contributed by atoms with Crippen molar-refractivity contribution < 1.29 is 14.3 Å². The topological polar surface area (TPSA) is 85.4 Å². The molecule has 0 aliphatic heterocycles. The monoisotopic (exact) mass is 384 g/mol. The van der Waals surface area contributed by atoms with Gasteiger partial charge in [-0.1, -0.05) is 23.7 Å². The van der Waals surface area contributed by atoms with Gasteiger partial charge in [0, 0.05) is 12.1 Å². The van der Waals surface area contributed by atoms with Crippen LogP contribution in [0.15, 0.2) is 54.9 Å². The molecule has 0 bridgehead atoms. The summed E-state index contributed by atoms with van der Waals surface area (Å²) >= 11 is 6.07. The highest BCUT2D eigenvalue weighted by molar-refractivity contribution is 6.33. The predicted octanol–water partition coefficient (Wildman–Crippen LogP) is 4.14. The first-order valence-electron chi connectivity index (χ1n) is 7.97. The molecule has 0 spiro atoms. The zero-order valence-corrected chi connectivity index (χ0v) is 15.4. The summed E-state index contributed by atoms with van der Waals surface area (Å²) < 4.78 is 10.5. The number of hydrogen-bond donors (Lipinski definition) is 2. The van der Waals surface area contributed by atoms with Crippen molar-refractivity contribution in [2.24, 2.45) is 0 Å². The Balaban J connectivity index is 1.80. The minimum Gasteiger partial charge on any atom is -0.497 e. The van der Waals surface area contributed by atoms with Crippen molar-refractivity contribution in [1.82, 2.24) is 9.97 Å². The average molecular weight is 385 g/mol. The number of carbonyl (C=O) groups is 1. The van der Waals surface area contributed by atoms with Gasteiger partial charge < -0.3 is 20.1 Å². The quantitative estimate of drug-likeness (QED) is 0.664. The second-order valence-corrected chi connectivity index (χ2v) is 5.82. The molecule has 8 heteroatoms. The lowest BCUT2D eigenvalue weighted by molar-refractivity contribution is 0.102. The molecule has 0 aliphatic carbocycles. The molecule has 27 heavy (non-hydrogen) atoms. The molecule has 0 atom stereocenters. The molecule has 0 aliphatic rings. The minimum atomic E-state index is -0.393. The van der Waals surface area contributed by atoms with Gasteiger partial charge in [-0.15, -0.1) is 0 Å². The Kier molecular flexibility index (Phi) is 5.73. The van der Waals surface area contributed by atoms with Gasteiger partial charge in [0.15, 0.2) is 0 Å². The fourth-order valence-electron chi connectivity index (χ4n) is 2.34. The zero-order chi connectivity index (χ0) is 19.2. The van der Waals surface area contributed by atoms with Gasteiger partial charge >= 0.3 is 0 Å². The third-order valence-electron chi connectivity index (χ3n) is 3.69. The summed E-state index contributed by atoms with van der Waals surface area (Å²) in [5.41, 5.74) is 1.38. The molecule has 0 saturated heterocycles. The minimum absolute atomic E-state index is 0.194. The van der Waals surface area contributed by atoms with E-state index in [1.807, 2.05) is 0 Å². The van der Waals surface area contributed by atoms with Crippen LogP contribution in [0, 0.1) is 0 Å². The van der Waals surface area contributed by atoms with E-state index in [9.17, 15) is 4.79 Å². The van der Waals surface area contributed by atoms with E-state index in [1.54, 1.807) is 56.7 Å². The SMILES string of the molecule is COc1ccc(Nc2cc(C(=O)Nc3ccccc3Cl)ncn2)c(OC)c1. The van der Waals surface area contributed by atoms with Crippen molar-refractivity contribution >= 4 is 34.7 Å². The summed E-state index contributed by atoms with van der Waals surface area (Å²) in [6.45, 7) is 0. The summed E-state index contributed by atoms with van der Waals surface area (Å²) in [7, 11) is 3.14. The molecule has 1 heterocycles. The maximum Gasteiger partial charge on any atom is 0.274 e. The van der Waals surface area contributed by atoms with Crippen LogP contribution in [0.2, 0.25) is 5.02 Å². The molecule has 1 aromatic heterocycles. The number of methoxy groups -OCH3 is 2. The molecular weight excluding hydrogens is 368 g/mol.